The number of rotatable bonds is 6. The Morgan fingerprint density at radius 2 is 1.56 bits per heavy atom. The summed E-state index contributed by atoms with van der Waals surface area (Å²) in [4.78, 5) is 9.90. The van der Waals surface area contributed by atoms with Crippen LogP contribution in [-0.4, -0.2) is 61.0 Å². The maximum atomic E-state index is 13.2. The Hall–Kier alpha value is -4.26. The molecule has 0 bridgehead atoms. The molecule has 4 N–H and O–H groups in total. The molecule has 13 nitrogen and oxygen atoms in total. The van der Waals surface area contributed by atoms with Gasteiger partial charge in [-0.25, -0.2) is 13.4 Å². The molecular formula is C28H17BrClF2N7O6S2Se. The van der Waals surface area contributed by atoms with Crippen LogP contribution in [0.4, 0.5) is 20.2 Å². The summed E-state index contributed by atoms with van der Waals surface area (Å²) in [6, 6.07) is 17.2. The third-order valence-corrected chi connectivity index (χ3v) is 11.5. The summed E-state index contributed by atoms with van der Waals surface area (Å²) >= 11 is 8.97. The Morgan fingerprint density at radius 3 is 2.40 bits per heavy atom. The second-order valence-electron chi connectivity index (χ2n) is 10.0. The molecule has 1 aliphatic rings. The smallest absolute Gasteiger partial charge is 0.395 e. The van der Waals surface area contributed by atoms with E-state index in [0.29, 0.717) is 37.2 Å². The maximum Gasteiger partial charge on any atom is 0.586 e. The zero-order valence-corrected chi connectivity index (χ0v) is 29.2. The topological polar surface area (TPSA) is 181 Å². The fraction of sp³-hybridized carbons (Fsp3) is 0.0357. The van der Waals surface area contributed by atoms with Gasteiger partial charge in [-0.1, -0.05) is 6.07 Å². The van der Waals surface area contributed by atoms with Crippen molar-refractivity contribution in [1.82, 2.24) is 22.9 Å². The number of fused-ring (bicyclic) bond motifs is 4. The van der Waals surface area contributed by atoms with Crippen LogP contribution in [0.1, 0.15) is 0 Å². The average molecular weight is 844 g/mol. The first-order valence-corrected chi connectivity index (χ1v) is 19.0. The van der Waals surface area contributed by atoms with Crippen LogP contribution in [0.5, 0.6) is 11.5 Å². The van der Waals surface area contributed by atoms with Crippen molar-refractivity contribution in [2.24, 2.45) is 0 Å². The predicted molar refractivity (Wildman–Crippen MR) is 178 cm³/mol. The van der Waals surface area contributed by atoms with Gasteiger partial charge in [0.1, 0.15) is 15.1 Å². The van der Waals surface area contributed by atoms with Crippen molar-refractivity contribution in [3.8, 4) is 11.5 Å². The van der Waals surface area contributed by atoms with Crippen LogP contribution < -0.4 is 18.9 Å². The molecule has 0 aliphatic carbocycles. The van der Waals surface area contributed by atoms with E-state index < -0.39 is 26.3 Å². The van der Waals surface area contributed by atoms with Crippen molar-refractivity contribution in [2.75, 3.05) is 9.44 Å². The summed E-state index contributed by atoms with van der Waals surface area (Å²) in [5.74, 6) is -0.633. The number of benzene rings is 3. The molecule has 0 radical (unpaired) electrons. The number of nitrogens with one attached hydrogen (secondary N) is 4. The van der Waals surface area contributed by atoms with Gasteiger partial charge >= 0.3 is 149 Å². The minimum Gasteiger partial charge on any atom is -0.395 e. The van der Waals surface area contributed by atoms with E-state index in [1.807, 2.05) is 0 Å². The maximum absolute atomic E-state index is 13.2. The van der Waals surface area contributed by atoms with Crippen LogP contribution in [0.3, 0.4) is 0 Å². The normalized spacial score (nSPS) is 13.8. The number of H-pyrrole nitrogens is 2. The number of anilines is 2. The van der Waals surface area contributed by atoms with E-state index in [1.54, 1.807) is 48.5 Å². The van der Waals surface area contributed by atoms with Gasteiger partial charge in [0.2, 0.25) is 0 Å². The summed E-state index contributed by atoms with van der Waals surface area (Å²) in [6.45, 7) is 0. The number of alkyl halides is 2. The Labute approximate surface area is 289 Å². The van der Waals surface area contributed by atoms with Crippen molar-refractivity contribution in [1.29, 1.82) is 0 Å². The molecule has 7 aromatic rings. The van der Waals surface area contributed by atoms with E-state index in [4.69, 9.17) is 11.6 Å². The molecule has 5 heterocycles. The van der Waals surface area contributed by atoms with Gasteiger partial charge in [0.05, 0.1) is 5.69 Å². The molecule has 20 heteroatoms. The van der Waals surface area contributed by atoms with Crippen molar-refractivity contribution >= 4 is 107 Å². The van der Waals surface area contributed by atoms with E-state index in [2.05, 4.69) is 57.8 Å². The fourth-order valence-electron chi connectivity index (χ4n) is 4.78. The summed E-state index contributed by atoms with van der Waals surface area (Å²) in [5, 5.41) is 1.49. The SMILES string of the molecule is O=S(=O)(Nc1ccc2n[se]nc2c1)c1c[nH]c2cc(Cl)ccc12.O=S(=O)(Nc1cccc2c1OC(F)(F)O2)c1c[nH]c2nc(Br)ccc12. The summed E-state index contributed by atoms with van der Waals surface area (Å²) in [7, 11) is -7.80. The molecule has 48 heavy (non-hydrogen) atoms. The number of para-hydroxylation sites is 1. The molecule has 1 aliphatic heterocycles. The molecule has 246 valence electrons. The Bertz CT molecular complexity index is 2600. The van der Waals surface area contributed by atoms with Crippen LogP contribution >= 0.6 is 27.5 Å². The number of hydrogen-bond acceptors (Lipinski definition) is 9. The molecule has 8 rings (SSSR count). The zero-order chi connectivity index (χ0) is 33.8. The second-order valence-corrected chi connectivity index (χ2v) is 15.7. The summed E-state index contributed by atoms with van der Waals surface area (Å²) in [5.41, 5.74) is 2.85. The monoisotopic (exact) mass is 843 g/mol. The van der Waals surface area contributed by atoms with Gasteiger partial charge in [-0.2, -0.15) is 0 Å². The summed E-state index contributed by atoms with van der Waals surface area (Å²) in [6.07, 6.45) is -1.12. The molecule has 0 amide bonds. The third-order valence-electron chi connectivity index (χ3n) is 6.83. The van der Waals surface area contributed by atoms with E-state index >= 15 is 0 Å². The number of aromatic nitrogens is 5. The average Bonchev–Trinajstić information content (AvgIpc) is 3.80. The van der Waals surface area contributed by atoms with E-state index in [0.717, 1.165) is 11.0 Å². The van der Waals surface area contributed by atoms with Gasteiger partial charge in [-0.05, 0) is 40.2 Å². The first-order chi connectivity index (χ1) is 22.8. The predicted octanol–water partition coefficient (Wildman–Crippen LogP) is 6.07. The van der Waals surface area contributed by atoms with Crippen molar-refractivity contribution in [2.45, 2.75) is 16.1 Å². The Balaban J connectivity index is 0.000000152. The van der Waals surface area contributed by atoms with Crippen molar-refractivity contribution < 1.29 is 35.1 Å². The largest absolute Gasteiger partial charge is 0.586 e. The zero-order valence-electron chi connectivity index (χ0n) is 23.5. The standard InChI is InChI=1S/C14H8BrF2N3O4S.C14H9ClN4O2SSe/c15-11-5-4-7-10(6-18-13(7)19-11)25(21,22)20-8-2-1-3-9-12(8)24-14(16,17)23-9;15-8-1-3-10-12(5-8)16-7-14(10)22(20,21)17-9-2-4-11-13(6-9)19-23-18-11/h1-6,20H,(H,18,19);1-7,16-17H. The molecule has 0 saturated carbocycles. The van der Waals surface area contributed by atoms with Crippen LogP contribution in [0.2, 0.25) is 5.02 Å². The second kappa shape index (κ2) is 12.0. The van der Waals surface area contributed by atoms with Crippen molar-refractivity contribution in [3.63, 3.8) is 0 Å². The van der Waals surface area contributed by atoms with Crippen LogP contribution in [-0.2, 0) is 20.0 Å². The summed E-state index contributed by atoms with van der Waals surface area (Å²) < 4.78 is 99.6. The van der Waals surface area contributed by atoms with Gasteiger partial charge in [0.25, 0.3) is 10.0 Å². The number of hydrogen-bond donors (Lipinski definition) is 4. The fourth-order valence-corrected chi connectivity index (χ4v) is 8.80. The van der Waals surface area contributed by atoms with Crippen LogP contribution in [0.15, 0.2) is 93.5 Å². The molecule has 3 aromatic carbocycles. The van der Waals surface area contributed by atoms with Gasteiger partial charge in [-0.15, -0.1) is 8.78 Å². The number of nitrogens with zero attached hydrogens (tertiary/aromatic N) is 3. The quantitative estimate of drug-likeness (QED) is 0.114. The first-order valence-electron chi connectivity index (χ1n) is 13.4. The number of ether oxygens (including phenoxy) is 2. The number of pyridine rings is 1. The van der Waals surface area contributed by atoms with Crippen LogP contribution in [0, 0.1) is 0 Å². The van der Waals surface area contributed by atoms with Gasteiger partial charge < -0.3 is 14.5 Å². The Morgan fingerprint density at radius 1 is 0.833 bits per heavy atom. The molecule has 0 atom stereocenters. The first kappa shape index (κ1) is 32.3. The molecule has 4 aromatic heterocycles. The molecule has 0 unspecified atom stereocenters. The Kier molecular flexibility index (Phi) is 8.08. The molecule has 0 saturated heterocycles. The minimum atomic E-state index is -4.09. The van der Waals surface area contributed by atoms with E-state index in [1.165, 1.54) is 30.6 Å². The van der Waals surface area contributed by atoms with Gasteiger partial charge in [0.15, 0.2) is 11.5 Å². The molecule has 0 fully saturated rings. The van der Waals surface area contributed by atoms with E-state index in [-0.39, 0.29) is 41.9 Å². The van der Waals surface area contributed by atoms with Crippen molar-refractivity contribution in [3.05, 3.63) is 88.7 Å². The van der Waals surface area contributed by atoms with Gasteiger partial charge in [0, 0.05) is 11.6 Å². The van der Waals surface area contributed by atoms with Gasteiger partial charge in [-0.3, -0.25) is 4.72 Å². The minimum absolute atomic E-state index is 0.0780. The number of aromatic amines is 2. The van der Waals surface area contributed by atoms with E-state index in [9.17, 15) is 25.6 Å². The third kappa shape index (κ3) is 6.31. The number of sulfonamides is 2. The molecule has 0 spiro atoms. The number of halogens is 4. The van der Waals surface area contributed by atoms with Crippen LogP contribution in [0.25, 0.3) is 33.0 Å². The molecular weight excluding hydrogens is 827 g/mol.